The molecule has 0 amide bonds. The van der Waals surface area contributed by atoms with Gasteiger partial charge in [-0.25, -0.2) is 0 Å². The summed E-state index contributed by atoms with van der Waals surface area (Å²) in [6.45, 7) is -1.38. The summed E-state index contributed by atoms with van der Waals surface area (Å²) in [6.07, 6.45) is -2.49. The van der Waals surface area contributed by atoms with E-state index in [1.807, 2.05) is 0 Å². The third kappa shape index (κ3) is 2.27. The van der Waals surface area contributed by atoms with Crippen LogP contribution in [0.5, 0.6) is 0 Å². The summed E-state index contributed by atoms with van der Waals surface area (Å²) in [7, 11) is 0. The normalized spacial score (nSPS) is 37.1. The molecule has 0 aromatic rings. The van der Waals surface area contributed by atoms with Crippen LogP contribution in [0.15, 0.2) is 0 Å². The summed E-state index contributed by atoms with van der Waals surface area (Å²) in [6, 6.07) is -1.71. The highest BCUT2D eigenvalue weighted by molar-refractivity contribution is 5.69. The van der Waals surface area contributed by atoms with Crippen molar-refractivity contribution in [3.05, 3.63) is 0 Å². The van der Waals surface area contributed by atoms with Crippen LogP contribution in [-0.2, 0) is 4.79 Å². The Balaban J connectivity index is 2.82. The fourth-order valence-electron chi connectivity index (χ4n) is 1.91. The maximum atomic E-state index is 10.5. The Morgan fingerprint density at radius 1 is 1.07 bits per heavy atom. The van der Waals surface area contributed by atoms with Crippen LogP contribution in [0.3, 0.4) is 0 Å². The van der Waals surface area contributed by atoms with Gasteiger partial charge in [0, 0.05) is 0 Å². The lowest BCUT2D eigenvalue weighted by atomic mass is 10.1. The molecular weight excluding hydrogens is 206 g/mol. The van der Waals surface area contributed by atoms with Gasteiger partial charge in [0.1, 0.15) is 0 Å². The molecule has 15 heavy (non-hydrogen) atoms. The Morgan fingerprint density at radius 3 is 1.73 bits per heavy atom. The van der Waals surface area contributed by atoms with E-state index in [0.29, 0.717) is 0 Å². The Hall–Kier alpha value is -0.730. The van der Waals surface area contributed by atoms with Crippen molar-refractivity contribution in [3.63, 3.8) is 0 Å². The van der Waals surface area contributed by atoms with Crippen molar-refractivity contribution in [1.82, 2.24) is 4.90 Å². The summed E-state index contributed by atoms with van der Waals surface area (Å²) in [4.78, 5) is 11.7. The molecule has 1 fully saturated rings. The third-order valence-corrected chi connectivity index (χ3v) is 2.68. The van der Waals surface area contributed by atoms with E-state index in [1.54, 1.807) is 0 Å². The van der Waals surface area contributed by atoms with E-state index in [9.17, 15) is 15.0 Å². The van der Waals surface area contributed by atoms with Crippen molar-refractivity contribution in [1.29, 1.82) is 0 Å². The predicted octanol–water partition coefficient (Wildman–Crippen LogP) is -3.17. The van der Waals surface area contributed by atoms with E-state index < -0.39 is 50.0 Å². The number of nitrogens with zero attached hydrogens (tertiary/aromatic N) is 1. The van der Waals surface area contributed by atoms with Crippen molar-refractivity contribution in [2.24, 2.45) is 0 Å². The second-order valence-corrected chi connectivity index (χ2v) is 3.55. The van der Waals surface area contributed by atoms with Crippen LogP contribution in [0.1, 0.15) is 0 Å². The summed E-state index contributed by atoms with van der Waals surface area (Å²) in [5.74, 6) is -1.15. The number of hydrogen-bond donors (Lipinski definition) is 5. The topological polar surface area (TPSA) is 121 Å². The highest BCUT2D eigenvalue weighted by Crippen LogP contribution is 2.24. The third-order valence-electron chi connectivity index (χ3n) is 2.68. The van der Waals surface area contributed by atoms with Gasteiger partial charge in [0.2, 0.25) is 0 Å². The number of carboxylic acids is 1. The van der Waals surface area contributed by atoms with Gasteiger partial charge >= 0.3 is 5.97 Å². The lowest BCUT2D eigenvalue weighted by Gasteiger charge is -2.26. The quantitative estimate of drug-likeness (QED) is 0.339. The molecule has 1 heterocycles. The van der Waals surface area contributed by atoms with E-state index in [-0.39, 0.29) is 0 Å². The number of hydrogen-bond acceptors (Lipinski definition) is 6. The zero-order valence-electron chi connectivity index (χ0n) is 8.02. The molecule has 5 N–H and O–H groups in total. The molecule has 7 heteroatoms. The van der Waals surface area contributed by atoms with Gasteiger partial charge in [0.15, 0.2) is 0 Å². The molecule has 88 valence electrons. The Morgan fingerprint density at radius 2 is 1.47 bits per heavy atom. The van der Waals surface area contributed by atoms with E-state index >= 15 is 0 Å². The minimum absolute atomic E-state index is 0.440. The zero-order valence-corrected chi connectivity index (χ0v) is 8.02. The molecule has 7 nitrogen and oxygen atoms in total. The largest absolute Gasteiger partial charge is 0.480 e. The molecule has 1 aliphatic rings. The molecule has 0 aromatic heterocycles. The Kier molecular flexibility index (Phi) is 4.00. The van der Waals surface area contributed by atoms with Crippen molar-refractivity contribution in [3.8, 4) is 0 Å². The van der Waals surface area contributed by atoms with Crippen molar-refractivity contribution in [2.45, 2.75) is 24.3 Å². The van der Waals surface area contributed by atoms with Gasteiger partial charge in [-0.15, -0.1) is 0 Å². The second kappa shape index (κ2) is 4.86. The molecule has 0 radical (unpaired) electrons. The average molecular weight is 221 g/mol. The first-order chi connectivity index (χ1) is 7.02. The van der Waals surface area contributed by atoms with Crippen molar-refractivity contribution in [2.75, 3.05) is 19.8 Å². The van der Waals surface area contributed by atoms with Gasteiger partial charge < -0.3 is 25.5 Å². The summed E-state index contributed by atoms with van der Waals surface area (Å²) in [5.41, 5.74) is 0. The van der Waals surface area contributed by atoms with Crippen LogP contribution in [0.2, 0.25) is 0 Å². The molecular formula is C8H15NO6. The van der Waals surface area contributed by atoms with Crippen LogP contribution in [-0.4, -0.2) is 80.5 Å². The number of aliphatic carboxylic acids is 1. The second-order valence-electron chi connectivity index (χ2n) is 3.55. The van der Waals surface area contributed by atoms with E-state index in [2.05, 4.69) is 0 Å². The van der Waals surface area contributed by atoms with Gasteiger partial charge in [-0.1, -0.05) is 0 Å². The first kappa shape index (κ1) is 12.3. The smallest absolute Gasteiger partial charge is 0.317 e. The van der Waals surface area contributed by atoms with E-state index in [4.69, 9.17) is 15.3 Å². The molecule has 0 aromatic carbocycles. The highest BCUT2D eigenvalue weighted by atomic mass is 16.4. The number of carboxylic acid groups (broad SMARTS) is 1. The molecule has 1 aliphatic heterocycles. The van der Waals surface area contributed by atoms with Crippen LogP contribution in [0, 0.1) is 0 Å². The predicted molar refractivity (Wildman–Crippen MR) is 48.1 cm³/mol. The highest BCUT2D eigenvalue weighted by Gasteiger charge is 2.47. The maximum Gasteiger partial charge on any atom is 0.317 e. The van der Waals surface area contributed by atoms with Crippen LogP contribution in [0.25, 0.3) is 0 Å². The molecule has 1 saturated heterocycles. The van der Waals surface area contributed by atoms with E-state index in [0.717, 1.165) is 0 Å². The van der Waals surface area contributed by atoms with E-state index in [1.165, 1.54) is 4.90 Å². The minimum atomic E-state index is -1.24. The number of carbonyl (C=O) groups is 1. The van der Waals surface area contributed by atoms with Gasteiger partial charge in [-0.05, 0) is 0 Å². The van der Waals surface area contributed by atoms with Gasteiger partial charge in [-0.3, -0.25) is 9.69 Å². The number of aliphatic hydroxyl groups is 4. The fourth-order valence-corrected chi connectivity index (χ4v) is 1.91. The number of likely N-dealkylation sites (tertiary alicyclic amines) is 1. The maximum absolute atomic E-state index is 10.5. The molecule has 0 spiro atoms. The molecule has 4 atom stereocenters. The summed E-state index contributed by atoms with van der Waals surface area (Å²) >= 11 is 0. The van der Waals surface area contributed by atoms with Crippen LogP contribution < -0.4 is 0 Å². The van der Waals surface area contributed by atoms with Crippen molar-refractivity contribution < 1.29 is 30.3 Å². The SMILES string of the molecule is O=C(O)CN1[C@H](CO)[C@@H](O)[C@H](O)[C@H]1CO. The molecule has 0 unspecified atom stereocenters. The monoisotopic (exact) mass is 221 g/mol. The molecule has 0 bridgehead atoms. The first-order valence-electron chi connectivity index (χ1n) is 4.58. The Labute approximate surface area is 86.2 Å². The lowest BCUT2D eigenvalue weighted by Crippen LogP contribution is -2.45. The molecule has 1 rings (SSSR count). The molecule has 0 aliphatic carbocycles. The molecule has 0 saturated carbocycles. The standard InChI is InChI=1S/C8H15NO6/c10-2-4-7(14)8(15)5(3-11)9(4)1-6(12)13/h4-5,7-8,10-11,14-15H,1-3H2,(H,12,13)/t4-,5-,7-,8-/m1/s1. The Bertz CT molecular complexity index is 219. The van der Waals surface area contributed by atoms with Gasteiger partial charge in [0.05, 0.1) is 44.1 Å². The fraction of sp³-hybridized carbons (Fsp3) is 0.875. The average Bonchev–Trinajstić information content (AvgIpc) is 2.38. The van der Waals surface area contributed by atoms with Crippen LogP contribution >= 0.6 is 0 Å². The van der Waals surface area contributed by atoms with Gasteiger partial charge in [-0.2, -0.15) is 0 Å². The van der Waals surface area contributed by atoms with Crippen LogP contribution in [0.4, 0.5) is 0 Å². The minimum Gasteiger partial charge on any atom is -0.480 e. The number of rotatable bonds is 4. The summed E-state index contributed by atoms with van der Waals surface area (Å²) < 4.78 is 0. The lowest BCUT2D eigenvalue weighted by molar-refractivity contribution is -0.139. The van der Waals surface area contributed by atoms with Gasteiger partial charge in [0.25, 0.3) is 0 Å². The van der Waals surface area contributed by atoms with Crippen molar-refractivity contribution >= 4 is 5.97 Å². The zero-order chi connectivity index (χ0) is 11.6. The number of aliphatic hydroxyl groups excluding tert-OH is 4. The first-order valence-corrected chi connectivity index (χ1v) is 4.58. The summed E-state index contributed by atoms with van der Waals surface area (Å²) in [5, 5.41) is 45.5.